The summed E-state index contributed by atoms with van der Waals surface area (Å²) in [5, 5.41) is 4.42. The molecule has 0 atom stereocenters. The van der Waals surface area contributed by atoms with Crippen LogP contribution in [0.5, 0.6) is 0 Å². The molecule has 0 spiro atoms. The third-order valence-electron chi connectivity index (χ3n) is 2.10. The van der Waals surface area contributed by atoms with E-state index >= 15 is 0 Å². The van der Waals surface area contributed by atoms with E-state index < -0.39 is 0 Å². The Hall–Kier alpha value is -2.07. The number of aromatic nitrogens is 1. The minimum atomic E-state index is -0.274. The number of halogens is 1. The Morgan fingerprint density at radius 1 is 1.29 bits per heavy atom. The number of nitrogens with zero attached hydrogens (tertiary/aromatic N) is 1. The van der Waals surface area contributed by atoms with Crippen LogP contribution in [0.3, 0.4) is 0 Å². The fourth-order valence-corrected chi connectivity index (χ4v) is 1.38. The maximum atomic E-state index is 11.6. The van der Waals surface area contributed by atoms with Crippen LogP contribution < -0.4 is 5.43 Å². The lowest BCUT2D eigenvalue weighted by molar-refractivity contribution is 0.0955. The van der Waals surface area contributed by atoms with Gasteiger partial charge in [-0.25, -0.2) is 5.43 Å². The Kier molecular flexibility index (Phi) is 3.57. The van der Waals surface area contributed by atoms with Crippen molar-refractivity contribution in [1.82, 2.24) is 10.4 Å². The van der Waals surface area contributed by atoms with Crippen LogP contribution in [0.4, 0.5) is 0 Å². The minimum Gasteiger partial charge on any atom is -0.360 e. The smallest absolute Gasteiger partial charge is 0.271 e. The quantitative estimate of drug-likeness (QED) is 0.635. The summed E-state index contributed by atoms with van der Waals surface area (Å²) in [5.41, 5.74) is 3.76. The molecule has 0 saturated carbocycles. The standard InChI is InChI=1S/C12H10ClN3O/c13-10-5-3-9(4-6-10)12(17)16-15-8-11-2-1-7-14-11/h1-8,14H,(H,16,17)/b15-8-. The number of hydrazone groups is 1. The van der Waals surface area contributed by atoms with Crippen LogP contribution in [-0.4, -0.2) is 17.1 Å². The average Bonchev–Trinajstić information content (AvgIpc) is 2.83. The molecule has 2 rings (SSSR count). The maximum Gasteiger partial charge on any atom is 0.271 e. The molecule has 17 heavy (non-hydrogen) atoms. The van der Waals surface area contributed by atoms with Crippen LogP contribution in [0, 0.1) is 0 Å². The van der Waals surface area contributed by atoms with Crippen molar-refractivity contribution in [3.63, 3.8) is 0 Å². The van der Waals surface area contributed by atoms with E-state index in [0.29, 0.717) is 10.6 Å². The first-order valence-corrected chi connectivity index (χ1v) is 5.36. The predicted molar refractivity (Wildman–Crippen MR) is 67.3 cm³/mol. The lowest BCUT2D eigenvalue weighted by atomic mass is 10.2. The van der Waals surface area contributed by atoms with Crippen molar-refractivity contribution in [2.75, 3.05) is 0 Å². The van der Waals surface area contributed by atoms with Crippen molar-refractivity contribution in [2.24, 2.45) is 5.10 Å². The zero-order chi connectivity index (χ0) is 12.1. The molecule has 1 aromatic heterocycles. The number of amides is 1. The van der Waals surface area contributed by atoms with Gasteiger partial charge in [0.1, 0.15) is 0 Å². The van der Waals surface area contributed by atoms with Crippen molar-refractivity contribution in [3.05, 3.63) is 58.9 Å². The molecular formula is C12H10ClN3O. The van der Waals surface area contributed by atoms with Crippen molar-refractivity contribution in [2.45, 2.75) is 0 Å². The number of benzene rings is 1. The number of H-pyrrole nitrogens is 1. The normalized spacial score (nSPS) is 10.6. The van der Waals surface area contributed by atoms with Gasteiger partial charge in [0, 0.05) is 16.8 Å². The van der Waals surface area contributed by atoms with E-state index in [9.17, 15) is 4.79 Å². The molecule has 1 amide bonds. The van der Waals surface area contributed by atoms with Gasteiger partial charge < -0.3 is 4.98 Å². The van der Waals surface area contributed by atoms with E-state index in [4.69, 9.17) is 11.6 Å². The van der Waals surface area contributed by atoms with Crippen LogP contribution >= 0.6 is 11.6 Å². The zero-order valence-corrected chi connectivity index (χ0v) is 9.61. The molecule has 0 aliphatic rings. The topological polar surface area (TPSA) is 57.2 Å². The molecule has 0 aliphatic carbocycles. The lowest BCUT2D eigenvalue weighted by Crippen LogP contribution is -2.17. The number of carbonyl (C=O) groups is 1. The molecule has 0 unspecified atom stereocenters. The molecule has 1 heterocycles. The highest BCUT2D eigenvalue weighted by molar-refractivity contribution is 6.30. The summed E-state index contributed by atoms with van der Waals surface area (Å²) < 4.78 is 0. The molecule has 0 aliphatic heterocycles. The second kappa shape index (κ2) is 5.32. The van der Waals surface area contributed by atoms with Crippen LogP contribution in [0.2, 0.25) is 5.02 Å². The van der Waals surface area contributed by atoms with Crippen molar-refractivity contribution in [1.29, 1.82) is 0 Å². The number of hydrogen-bond acceptors (Lipinski definition) is 2. The van der Waals surface area contributed by atoms with Crippen LogP contribution in [0.25, 0.3) is 0 Å². The first-order chi connectivity index (χ1) is 8.25. The van der Waals surface area contributed by atoms with Gasteiger partial charge in [0.05, 0.1) is 11.9 Å². The second-order valence-corrected chi connectivity index (χ2v) is 3.77. The number of rotatable bonds is 3. The summed E-state index contributed by atoms with van der Waals surface area (Å²) in [6, 6.07) is 10.3. The third kappa shape index (κ3) is 3.19. The van der Waals surface area contributed by atoms with Crippen molar-refractivity contribution >= 4 is 23.7 Å². The van der Waals surface area contributed by atoms with Gasteiger partial charge in [0.2, 0.25) is 0 Å². The van der Waals surface area contributed by atoms with E-state index in [2.05, 4.69) is 15.5 Å². The Balaban J connectivity index is 1.96. The summed E-state index contributed by atoms with van der Waals surface area (Å²) in [6.45, 7) is 0. The van der Waals surface area contributed by atoms with Crippen molar-refractivity contribution in [3.8, 4) is 0 Å². The monoisotopic (exact) mass is 247 g/mol. The van der Waals surface area contributed by atoms with Gasteiger partial charge >= 0.3 is 0 Å². The van der Waals surface area contributed by atoms with E-state index in [1.807, 2.05) is 12.1 Å². The number of aromatic amines is 1. The molecule has 0 fully saturated rings. The van der Waals surface area contributed by atoms with E-state index in [-0.39, 0.29) is 5.91 Å². The Morgan fingerprint density at radius 3 is 2.71 bits per heavy atom. The summed E-state index contributed by atoms with van der Waals surface area (Å²) in [4.78, 5) is 14.5. The molecule has 0 saturated heterocycles. The molecule has 2 aromatic rings. The molecular weight excluding hydrogens is 238 g/mol. The molecule has 2 N–H and O–H groups in total. The molecule has 5 heteroatoms. The van der Waals surface area contributed by atoms with Crippen molar-refractivity contribution < 1.29 is 4.79 Å². The largest absolute Gasteiger partial charge is 0.360 e. The van der Waals surface area contributed by atoms with Crippen LogP contribution in [0.15, 0.2) is 47.7 Å². The lowest BCUT2D eigenvalue weighted by Gasteiger charge is -1.99. The Bertz CT molecular complexity index is 517. The number of hydrogen-bond donors (Lipinski definition) is 2. The highest BCUT2D eigenvalue weighted by Crippen LogP contribution is 2.09. The van der Waals surface area contributed by atoms with E-state index in [0.717, 1.165) is 5.69 Å². The third-order valence-corrected chi connectivity index (χ3v) is 2.35. The molecule has 0 bridgehead atoms. The Labute approximate surface area is 103 Å². The predicted octanol–water partition coefficient (Wildman–Crippen LogP) is 2.43. The summed E-state index contributed by atoms with van der Waals surface area (Å²) >= 11 is 5.72. The molecule has 4 nitrogen and oxygen atoms in total. The van der Waals surface area contributed by atoms with E-state index in [1.54, 1.807) is 30.5 Å². The minimum absolute atomic E-state index is 0.274. The maximum absolute atomic E-state index is 11.6. The fraction of sp³-hybridized carbons (Fsp3) is 0. The highest BCUT2D eigenvalue weighted by Gasteiger charge is 2.02. The van der Waals surface area contributed by atoms with Gasteiger partial charge in [-0.3, -0.25) is 4.79 Å². The first kappa shape index (κ1) is 11.4. The summed E-state index contributed by atoms with van der Waals surface area (Å²) in [6.07, 6.45) is 3.32. The number of carbonyl (C=O) groups excluding carboxylic acids is 1. The van der Waals surface area contributed by atoms with Gasteiger partial charge in [0.25, 0.3) is 5.91 Å². The van der Waals surface area contributed by atoms with E-state index in [1.165, 1.54) is 6.21 Å². The second-order valence-electron chi connectivity index (χ2n) is 3.33. The highest BCUT2D eigenvalue weighted by atomic mass is 35.5. The average molecular weight is 248 g/mol. The molecule has 1 aromatic carbocycles. The summed E-state index contributed by atoms with van der Waals surface area (Å²) in [5.74, 6) is -0.274. The van der Waals surface area contributed by atoms with Crippen LogP contribution in [0.1, 0.15) is 16.1 Å². The SMILES string of the molecule is O=C(N/N=C\c1ccc[nH]1)c1ccc(Cl)cc1. The summed E-state index contributed by atoms with van der Waals surface area (Å²) in [7, 11) is 0. The van der Waals surface area contributed by atoms with Crippen LogP contribution in [-0.2, 0) is 0 Å². The number of nitrogens with one attached hydrogen (secondary N) is 2. The van der Waals surface area contributed by atoms with Gasteiger partial charge in [0.15, 0.2) is 0 Å². The Morgan fingerprint density at radius 2 is 2.06 bits per heavy atom. The van der Waals surface area contributed by atoms with Gasteiger partial charge in [-0.1, -0.05) is 11.6 Å². The molecule has 86 valence electrons. The van der Waals surface area contributed by atoms with Gasteiger partial charge in [-0.05, 0) is 36.4 Å². The van der Waals surface area contributed by atoms with Gasteiger partial charge in [-0.15, -0.1) is 0 Å². The fourth-order valence-electron chi connectivity index (χ4n) is 1.25. The first-order valence-electron chi connectivity index (χ1n) is 4.98. The zero-order valence-electron chi connectivity index (χ0n) is 8.85. The molecule has 0 radical (unpaired) electrons. The van der Waals surface area contributed by atoms with Gasteiger partial charge in [-0.2, -0.15) is 5.10 Å².